The zero-order valence-electron chi connectivity index (χ0n) is 10.9. The standard InChI is InChI=1S/C13H15NO5/c1-17-10-6-4-8(9(15)5-7-11(14)16)12(18-2)13(10)19-3/h4-7H,1-3H3,(H2,14,16). The maximum Gasteiger partial charge on any atom is 0.241 e. The number of ketones is 1. The van der Waals surface area contributed by atoms with Crippen LogP contribution in [0.25, 0.3) is 0 Å². The van der Waals surface area contributed by atoms with Crippen molar-refractivity contribution in [3.05, 3.63) is 29.8 Å². The van der Waals surface area contributed by atoms with E-state index in [-0.39, 0.29) is 11.3 Å². The molecule has 0 saturated heterocycles. The maximum atomic E-state index is 11.9. The number of nitrogens with two attached hydrogens (primary N) is 1. The van der Waals surface area contributed by atoms with E-state index in [1.54, 1.807) is 6.07 Å². The fourth-order valence-corrected chi connectivity index (χ4v) is 1.54. The summed E-state index contributed by atoms with van der Waals surface area (Å²) in [6.45, 7) is 0. The summed E-state index contributed by atoms with van der Waals surface area (Å²) in [7, 11) is 4.32. The number of allylic oxidation sites excluding steroid dienone is 1. The Hall–Kier alpha value is -2.50. The van der Waals surface area contributed by atoms with Crippen molar-refractivity contribution in [2.45, 2.75) is 0 Å². The van der Waals surface area contributed by atoms with Gasteiger partial charge in [0.25, 0.3) is 0 Å². The Morgan fingerprint density at radius 1 is 1.00 bits per heavy atom. The highest BCUT2D eigenvalue weighted by Crippen LogP contribution is 2.39. The summed E-state index contributed by atoms with van der Waals surface area (Å²) in [4.78, 5) is 22.5. The van der Waals surface area contributed by atoms with E-state index in [0.29, 0.717) is 11.5 Å². The van der Waals surface area contributed by atoms with Crippen LogP contribution in [0.4, 0.5) is 0 Å². The van der Waals surface area contributed by atoms with Gasteiger partial charge in [0, 0.05) is 6.08 Å². The third kappa shape index (κ3) is 3.25. The molecule has 6 heteroatoms. The minimum atomic E-state index is -0.701. The molecule has 0 radical (unpaired) electrons. The lowest BCUT2D eigenvalue weighted by Gasteiger charge is -2.14. The molecule has 2 N–H and O–H groups in total. The van der Waals surface area contributed by atoms with Gasteiger partial charge < -0.3 is 19.9 Å². The predicted molar refractivity (Wildman–Crippen MR) is 68.8 cm³/mol. The van der Waals surface area contributed by atoms with Crippen molar-refractivity contribution in [3.63, 3.8) is 0 Å². The highest BCUT2D eigenvalue weighted by atomic mass is 16.5. The third-order valence-electron chi connectivity index (χ3n) is 2.37. The van der Waals surface area contributed by atoms with E-state index in [9.17, 15) is 9.59 Å². The third-order valence-corrected chi connectivity index (χ3v) is 2.37. The molecule has 1 amide bonds. The smallest absolute Gasteiger partial charge is 0.241 e. The van der Waals surface area contributed by atoms with E-state index in [2.05, 4.69) is 0 Å². The van der Waals surface area contributed by atoms with Crippen LogP contribution < -0.4 is 19.9 Å². The molecule has 19 heavy (non-hydrogen) atoms. The molecule has 0 aliphatic rings. The first kappa shape index (κ1) is 14.6. The molecule has 0 aliphatic carbocycles. The number of carbonyl (C=O) groups is 2. The van der Waals surface area contributed by atoms with Gasteiger partial charge in [0.1, 0.15) is 0 Å². The topological polar surface area (TPSA) is 87.9 Å². The number of rotatable bonds is 6. The second kappa shape index (κ2) is 6.44. The Labute approximate surface area is 110 Å². The van der Waals surface area contributed by atoms with Crippen molar-refractivity contribution in [1.82, 2.24) is 0 Å². The zero-order chi connectivity index (χ0) is 14.4. The maximum absolute atomic E-state index is 11.9. The van der Waals surface area contributed by atoms with Gasteiger partial charge in [-0.1, -0.05) is 0 Å². The second-order valence-electron chi connectivity index (χ2n) is 3.48. The van der Waals surface area contributed by atoms with Gasteiger partial charge in [0.2, 0.25) is 11.7 Å². The van der Waals surface area contributed by atoms with Crippen molar-refractivity contribution < 1.29 is 23.8 Å². The number of ether oxygens (including phenoxy) is 3. The van der Waals surface area contributed by atoms with Crippen LogP contribution in [-0.2, 0) is 4.79 Å². The predicted octanol–water partition coefficient (Wildman–Crippen LogP) is 0.937. The Morgan fingerprint density at radius 3 is 2.11 bits per heavy atom. The number of methoxy groups -OCH3 is 3. The molecular weight excluding hydrogens is 250 g/mol. The van der Waals surface area contributed by atoms with Crippen molar-refractivity contribution in [1.29, 1.82) is 0 Å². The fourth-order valence-electron chi connectivity index (χ4n) is 1.54. The van der Waals surface area contributed by atoms with Gasteiger partial charge >= 0.3 is 0 Å². The average molecular weight is 265 g/mol. The lowest BCUT2D eigenvalue weighted by molar-refractivity contribution is -0.113. The van der Waals surface area contributed by atoms with Crippen molar-refractivity contribution in [3.8, 4) is 17.2 Å². The first-order chi connectivity index (χ1) is 9.04. The van der Waals surface area contributed by atoms with Crippen LogP contribution in [0, 0.1) is 0 Å². The number of carbonyl (C=O) groups excluding carboxylic acids is 2. The van der Waals surface area contributed by atoms with Gasteiger partial charge in [-0.15, -0.1) is 0 Å². The number of amides is 1. The lowest BCUT2D eigenvalue weighted by atomic mass is 10.1. The number of hydrogen-bond acceptors (Lipinski definition) is 5. The minimum absolute atomic E-state index is 0.237. The Balaban J connectivity index is 3.28. The van der Waals surface area contributed by atoms with E-state index in [4.69, 9.17) is 19.9 Å². The summed E-state index contributed by atoms with van der Waals surface area (Å²) in [5, 5.41) is 0. The molecule has 0 fully saturated rings. The molecule has 0 bridgehead atoms. The van der Waals surface area contributed by atoms with Gasteiger partial charge in [-0.05, 0) is 18.2 Å². The molecule has 1 rings (SSSR count). The lowest BCUT2D eigenvalue weighted by Crippen LogP contribution is -2.08. The minimum Gasteiger partial charge on any atom is -0.493 e. The van der Waals surface area contributed by atoms with Gasteiger partial charge in [0.05, 0.1) is 26.9 Å². The summed E-state index contributed by atoms with van der Waals surface area (Å²) >= 11 is 0. The van der Waals surface area contributed by atoms with E-state index < -0.39 is 11.7 Å². The van der Waals surface area contributed by atoms with E-state index in [1.165, 1.54) is 27.4 Å². The highest BCUT2D eigenvalue weighted by Gasteiger charge is 2.19. The molecule has 1 aromatic rings. The molecule has 0 saturated carbocycles. The quantitative estimate of drug-likeness (QED) is 0.610. The largest absolute Gasteiger partial charge is 0.493 e. The summed E-state index contributed by atoms with van der Waals surface area (Å²) in [6.07, 6.45) is 2.06. The van der Waals surface area contributed by atoms with Crippen LogP contribution in [0.15, 0.2) is 24.3 Å². The zero-order valence-corrected chi connectivity index (χ0v) is 10.9. The van der Waals surface area contributed by atoms with E-state index >= 15 is 0 Å². The Bertz CT molecular complexity index is 522. The summed E-state index contributed by atoms with van der Waals surface area (Å²) in [5.74, 6) is -0.136. The molecule has 6 nitrogen and oxygen atoms in total. The van der Waals surface area contributed by atoms with Crippen molar-refractivity contribution in [2.24, 2.45) is 5.73 Å². The van der Waals surface area contributed by atoms with Crippen molar-refractivity contribution >= 4 is 11.7 Å². The van der Waals surface area contributed by atoms with Crippen LogP contribution in [0.3, 0.4) is 0 Å². The average Bonchev–Trinajstić information content (AvgIpc) is 2.42. The summed E-state index contributed by atoms with van der Waals surface area (Å²) < 4.78 is 15.4. The summed E-state index contributed by atoms with van der Waals surface area (Å²) in [5.41, 5.74) is 5.19. The monoisotopic (exact) mass is 265 g/mol. The van der Waals surface area contributed by atoms with Crippen LogP contribution in [0.1, 0.15) is 10.4 Å². The van der Waals surface area contributed by atoms with Crippen LogP contribution >= 0.6 is 0 Å². The van der Waals surface area contributed by atoms with E-state index in [1.807, 2.05) is 0 Å². The Morgan fingerprint density at radius 2 is 1.63 bits per heavy atom. The van der Waals surface area contributed by atoms with Crippen LogP contribution in [0.2, 0.25) is 0 Å². The molecule has 0 unspecified atom stereocenters. The highest BCUT2D eigenvalue weighted by molar-refractivity contribution is 6.09. The van der Waals surface area contributed by atoms with Gasteiger partial charge in [0.15, 0.2) is 17.3 Å². The van der Waals surface area contributed by atoms with Gasteiger partial charge in [-0.25, -0.2) is 0 Å². The molecule has 0 spiro atoms. The first-order valence-electron chi connectivity index (χ1n) is 5.36. The van der Waals surface area contributed by atoms with Crippen molar-refractivity contribution in [2.75, 3.05) is 21.3 Å². The molecule has 0 aliphatic heterocycles. The molecule has 1 aromatic carbocycles. The SMILES string of the molecule is COc1ccc(C(=O)C=CC(N)=O)c(OC)c1OC. The van der Waals surface area contributed by atoms with Gasteiger partial charge in [-0.3, -0.25) is 9.59 Å². The van der Waals surface area contributed by atoms with E-state index in [0.717, 1.165) is 12.2 Å². The number of hydrogen-bond donors (Lipinski definition) is 1. The Kier molecular flexibility index (Phi) is 4.93. The summed E-state index contributed by atoms with van der Waals surface area (Å²) in [6, 6.07) is 3.10. The molecule has 0 aromatic heterocycles. The normalized spacial score (nSPS) is 10.3. The molecule has 0 atom stereocenters. The molecule has 102 valence electrons. The molecule has 0 heterocycles. The molecular formula is C13H15NO5. The number of primary amides is 1. The van der Waals surface area contributed by atoms with Crippen LogP contribution in [0.5, 0.6) is 17.2 Å². The first-order valence-corrected chi connectivity index (χ1v) is 5.36. The number of benzene rings is 1. The fraction of sp³-hybridized carbons (Fsp3) is 0.231. The van der Waals surface area contributed by atoms with Crippen LogP contribution in [-0.4, -0.2) is 33.0 Å². The second-order valence-corrected chi connectivity index (χ2v) is 3.48. The van der Waals surface area contributed by atoms with Gasteiger partial charge in [-0.2, -0.15) is 0 Å².